The van der Waals surface area contributed by atoms with E-state index in [1.165, 1.54) is 0 Å². The molecule has 0 spiro atoms. The first-order valence-corrected chi connectivity index (χ1v) is 5.10. The van der Waals surface area contributed by atoms with Gasteiger partial charge in [0, 0.05) is 0 Å². The smallest absolute Gasteiger partial charge is 0.127 e. The quantitative estimate of drug-likeness (QED) is 0.648. The van der Waals surface area contributed by atoms with Gasteiger partial charge in [-0.05, 0) is 42.8 Å². The van der Waals surface area contributed by atoms with E-state index in [9.17, 15) is 0 Å². The van der Waals surface area contributed by atoms with Gasteiger partial charge in [0.25, 0.3) is 0 Å². The molecule has 0 aliphatic heterocycles. The molecule has 0 radical (unpaired) electrons. The van der Waals surface area contributed by atoms with Crippen molar-refractivity contribution >= 4 is 18.1 Å². The predicted octanol–water partition coefficient (Wildman–Crippen LogP) is 3.49. The minimum atomic E-state index is 0. The summed E-state index contributed by atoms with van der Waals surface area (Å²) in [7, 11) is 0. The molecule has 0 aliphatic rings. The molecule has 2 aromatic rings. The Bertz CT molecular complexity index is 474. The van der Waals surface area contributed by atoms with Gasteiger partial charge in [-0.3, -0.25) is 5.84 Å². The second kappa shape index (κ2) is 6.13. The second-order valence-electron chi connectivity index (χ2n) is 3.54. The molecular formula is C13H15ClN2O. The maximum atomic E-state index is 5.69. The average Bonchev–Trinajstić information content (AvgIpc) is 2.31. The number of nitrogens with one attached hydrogen (secondary N) is 1. The molecule has 0 amide bonds. The number of ether oxygens (including phenoxy) is 1. The third-order valence-electron chi connectivity index (χ3n) is 2.33. The van der Waals surface area contributed by atoms with E-state index in [0.717, 1.165) is 22.7 Å². The number of hydrogen-bond donors (Lipinski definition) is 2. The van der Waals surface area contributed by atoms with Crippen LogP contribution in [0, 0.1) is 6.92 Å². The lowest BCUT2D eigenvalue weighted by Gasteiger charge is -2.09. The van der Waals surface area contributed by atoms with E-state index >= 15 is 0 Å². The summed E-state index contributed by atoms with van der Waals surface area (Å²) in [5.41, 5.74) is 4.59. The van der Waals surface area contributed by atoms with Crippen LogP contribution < -0.4 is 16.0 Å². The number of hydrazine groups is 1. The van der Waals surface area contributed by atoms with Gasteiger partial charge >= 0.3 is 0 Å². The zero-order valence-corrected chi connectivity index (χ0v) is 10.3. The minimum absolute atomic E-state index is 0. The molecule has 3 N–H and O–H groups in total. The number of aryl methyl sites for hydroxylation is 1. The molecule has 2 rings (SSSR count). The van der Waals surface area contributed by atoms with Crippen molar-refractivity contribution in [2.75, 3.05) is 5.43 Å². The SMILES string of the molecule is Cc1cc(Oc2ccccc2)ccc1NN.Cl. The fraction of sp³-hybridized carbons (Fsp3) is 0.0769. The van der Waals surface area contributed by atoms with Crippen molar-refractivity contribution in [1.29, 1.82) is 0 Å². The van der Waals surface area contributed by atoms with Gasteiger partial charge in [-0.25, -0.2) is 0 Å². The Kier molecular flexibility index (Phi) is 4.82. The maximum absolute atomic E-state index is 5.69. The number of anilines is 1. The Morgan fingerprint density at radius 1 is 1.00 bits per heavy atom. The maximum Gasteiger partial charge on any atom is 0.127 e. The number of nitrogens with two attached hydrogens (primary N) is 1. The van der Waals surface area contributed by atoms with Crippen LogP contribution in [-0.2, 0) is 0 Å². The Morgan fingerprint density at radius 3 is 2.29 bits per heavy atom. The summed E-state index contributed by atoms with van der Waals surface area (Å²) in [5, 5.41) is 0. The molecule has 0 aromatic heterocycles. The van der Waals surface area contributed by atoms with Gasteiger partial charge in [0.2, 0.25) is 0 Å². The van der Waals surface area contributed by atoms with E-state index in [4.69, 9.17) is 10.6 Å². The van der Waals surface area contributed by atoms with Gasteiger partial charge in [0.15, 0.2) is 0 Å². The van der Waals surface area contributed by atoms with E-state index in [1.807, 2.05) is 55.5 Å². The molecule has 2 aromatic carbocycles. The molecule has 0 bridgehead atoms. The van der Waals surface area contributed by atoms with E-state index in [-0.39, 0.29) is 12.4 Å². The van der Waals surface area contributed by atoms with Crippen molar-refractivity contribution < 1.29 is 4.74 Å². The number of benzene rings is 2. The van der Waals surface area contributed by atoms with Crippen molar-refractivity contribution in [3.63, 3.8) is 0 Å². The van der Waals surface area contributed by atoms with Crippen LogP contribution in [0.15, 0.2) is 48.5 Å². The van der Waals surface area contributed by atoms with Gasteiger partial charge in [-0.2, -0.15) is 0 Å². The van der Waals surface area contributed by atoms with Gasteiger partial charge < -0.3 is 10.2 Å². The predicted molar refractivity (Wildman–Crippen MR) is 72.8 cm³/mol. The summed E-state index contributed by atoms with van der Waals surface area (Å²) >= 11 is 0. The molecule has 0 heterocycles. The lowest BCUT2D eigenvalue weighted by molar-refractivity contribution is 0.482. The second-order valence-corrected chi connectivity index (χ2v) is 3.54. The van der Waals surface area contributed by atoms with Crippen LogP contribution in [0.4, 0.5) is 5.69 Å². The van der Waals surface area contributed by atoms with Crippen LogP contribution in [0.1, 0.15) is 5.56 Å². The standard InChI is InChI=1S/C13H14N2O.ClH/c1-10-9-12(7-8-13(10)15-14)16-11-5-3-2-4-6-11;/h2-9,15H,14H2,1H3;1H. The number of halogens is 1. The first kappa shape index (κ1) is 13.4. The van der Waals surface area contributed by atoms with Crippen molar-refractivity contribution in [3.8, 4) is 11.5 Å². The minimum Gasteiger partial charge on any atom is -0.457 e. The monoisotopic (exact) mass is 250 g/mol. The van der Waals surface area contributed by atoms with E-state index in [2.05, 4.69) is 5.43 Å². The summed E-state index contributed by atoms with van der Waals surface area (Å²) in [6.45, 7) is 1.98. The van der Waals surface area contributed by atoms with E-state index in [0.29, 0.717) is 0 Å². The van der Waals surface area contributed by atoms with Crippen molar-refractivity contribution in [2.45, 2.75) is 6.92 Å². The fourth-order valence-electron chi connectivity index (χ4n) is 1.49. The van der Waals surface area contributed by atoms with Crippen LogP contribution in [-0.4, -0.2) is 0 Å². The van der Waals surface area contributed by atoms with Gasteiger partial charge in [-0.15, -0.1) is 12.4 Å². The van der Waals surface area contributed by atoms with Crippen LogP contribution in [0.25, 0.3) is 0 Å². The molecule has 0 aliphatic carbocycles. The van der Waals surface area contributed by atoms with E-state index in [1.54, 1.807) is 0 Å². The molecule has 17 heavy (non-hydrogen) atoms. The third-order valence-corrected chi connectivity index (χ3v) is 2.33. The van der Waals surface area contributed by atoms with Crippen molar-refractivity contribution in [3.05, 3.63) is 54.1 Å². The summed E-state index contributed by atoms with van der Waals surface area (Å²) < 4.78 is 5.69. The lowest BCUT2D eigenvalue weighted by atomic mass is 10.2. The Balaban J connectivity index is 0.00000144. The van der Waals surface area contributed by atoms with E-state index < -0.39 is 0 Å². The third kappa shape index (κ3) is 3.37. The largest absolute Gasteiger partial charge is 0.457 e. The molecule has 3 nitrogen and oxygen atoms in total. The fourth-order valence-corrected chi connectivity index (χ4v) is 1.49. The molecular weight excluding hydrogens is 236 g/mol. The normalized spacial score (nSPS) is 9.29. The lowest BCUT2D eigenvalue weighted by Crippen LogP contribution is -2.07. The summed E-state index contributed by atoms with van der Waals surface area (Å²) in [5.74, 6) is 7.00. The van der Waals surface area contributed by atoms with Crippen LogP contribution in [0.5, 0.6) is 11.5 Å². The van der Waals surface area contributed by atoms with Crippen molar-refractivity contribution in [2.24, 2.45) is 5.84 Å². The van der Waals surface area contributed by atoms with Crippen LogP contribution in [0.3, 0.4) is 0 Å². The molecule has 90 valence electrons. The highest BCUT2D eigenvalue weighted by atomic mass is 35.5. The highest BCUT2D eigenvalue weighted by Gasteiger charge is 2.00. The highest BCUT2D eigenvalue weighted by molar-refractivity contribution is 5.85. The van der Waals surface area contributed by atoms with Crippen LogP contribution in [0.2, 0.25) is 0 Å². The number of rotatable bonds is 3. The first-order valence-electron chi connectivity index (χ1n) is 5.10. The molecule has 0 unspecified atom stereocenters. The Morgan fingerprint density at radius 2 is 1.71 bits per heavy atom. The van der Waals surface area contributed by atoms with Gasteiger partial charge in [0.05, 0.1) is 5.69 Å². The number of nitrogen functional groups attached to an aromatic ring is 1. The van der Waals surface area contributed by atoms with Gasteiger partial charge in [0.1, 0.15) is 11.5 Å². The summed E-state index contributed by atoms with van der Waals surface area (Å²) in [6.07, 6.45) is 0. The highest BCUT2D eigenvalue weighted by Crippen LogP contribution is 2.25. The average molecular weight is 251 g/mol. The summed E-state index contributed by atoms with van der Waals surface area (Å²) in [6, 6.07) is 15.4. The number of para-hydroxylation sites is 1. The Labute approximate surface area is 107 Å². The summed E-state index contributed by atoms with van der Waals surface area (Å²) in [4.78, 5) is 0. The zero-order valence-electron chi connectivity index (χ0n) is 9.51. The first-order chi connectivity index (χ1) is 7.79. The zero-order chi connectivity index (χ0) is 11.4. The molecule has 0 fully saturated rings. The number of hydrogen-bond acceptors (Lipinski definition) is 3. The molecule has 0 saturated carbocycles. The molecule has 0 saturated heterocycles. The molecule has 4 heteroatoms. The van der Waals surface area contributed by atoms with Crippen molar-refractivity contribution in [1.82, 2.24) is 0 Å². The topological polar surface area (TPSA) is 47.3 Å². The van der Waals surface area contributed by atoms with Gasteiger partial charge in [-0.1, -0.05) is 18.2 Å². The molecule has 0 atom stereocenters. The van der Waals surface area contributed by atoms with Crippen LogP contribution >= 0.6 is 12.4 Å². The Hall–Kier alpha value is -1.71.